The van der Waals surface area contributed by atoms with Crippen molar-refractivity contribution in [2.75, 3.05) is 13.1 Å². The number of aromatic nitrogens is 2. The summed E-state index contributed by atoms with van der Waals surface area (Å²) in [5.74, 6) is -2.09. The summed E-state index contributed by atoms with van der Waals surface area (Å²) in [6.45, 7) is 11.8. The molecule has 0 spiro atoms. The molecule has 0 saturated heterocycles. The third kappa shape index (κ3) is 4.14. The van der Waals surface area contributed by atoms with Crippen molar-refractivity contribution in [3.8, 4) is 0 Å². The Balaban J connectivity index is 3.56. The molecule has 2 N–H and O–H groups in total. The number of hydrogen-bond donors (Lipinski definition) is 2. The molecule has 0 fully saturated rings. The molecule has 0 aliphatic rings. The van der Waals surface area contributed by atoms with Gasteiger partial charge < -0.3 is 10.2 Å². The molecule has 1 rings (SSSR count). The maximum atomic E-state index is 11.4. The van der Waals surface area contributed by atoms with Gasteiger partial charge in [-0.2, -0.15) is 5.10 Å². The quantitative estimate of drug-likeness (QED) is 0.790. The summed E-state index contributed by atoms with van der Waals surface area (Å²) in [5.41, 5.74) is -1.55. The Morgan fingerprint density at radius 1 is 1.00 bits per heavy atom. The van der Waals surface area contributed by atoms with Crippen molar-refractivity contribution in [1.29, 1.82) is 0 Å². The molecule has 24 heavy (non-hydrogen) atoms. The first-order valence-electron chi connectivity index (χ1n) is 7.97. The van der Waals surface area contributed by atoms with Crippen molar-refractivity contribution >= 4 is 11.9 Å². The maximum absolute atomic E-state index is 11.4. The molecule has 1 aromatic rings. The van der Waals surface area contributed by atoms with Crippen LogP contribution < -0.4 is 0 Å². The van der Waals surface area contributed by atoms with E-state index in [1.165, 1.54) is 0 Å². The third-order valence-electron chi connectivity index (χ3n) is 4.62. The van der Waals surface area contributed by atoms with Crippen molar-refractivity contribution in [2.45, 2.75) is 53.6 Å². The van der Waals surface area contributed by atoms with Gasteiger partial charge >= 0.3 is 11.9 Å². The molecule has 1 aromatic heterocycles. The lowest BCUT2D eigenvalue weighted by atomic mass is 9.58. The number of aliphatic carboxylic acids is 2. The van der Waals surface area contributed by atoms with Crippen molar-refractivity contribution in [3.05, 3.63) is 18.5 Å². The predicted octanol–water partition coefficient (Wildman–Crippen LogP) is 2.19. The lowest BCUT2D eigenvalue weighted by Gasteiger charge is -2.58. The molecule has 7 nitrogen and oxygen atoms in total. The molecule has 0 amide bonds. The molecule has 136 valence electrons. The van der Waals surface area contributed by atoms with Crippen molar-refractivity contribution < 1.29 is 19.8 Å². The molecule has 0 aliphatic carbocycles. The fourth-order valence-corrected chi connectivity index (χ4v) is 3.93. The van der Waals surface area contributed by atoms with Crippen LogP contribution in [0.3, 0.4) is 0 Å². The normalized spacial score (nSPS) is 13.3. The van der Waals surface area contributed by atoms with Gasteiger partial charge in [0.25, 0.3) is 0 Å². The van der Waals surface area contributed by atoms with E-state index in [0.717, 1.165) is 0 Å². The molecule has 0 atom stereocenters. The standard InChI is InChI=1S/C17H29N3O4/c1-15(2,3)17(16(4,5)6,12-20-9-7-8-18-20)19(10-13(21)22)11-14(23)24/h7-9H,10-12H2,1-6H3,(H,21,22)(H,23,24). The van der Waals surface area contributed by atoms with E-state index < -0.39 is 28.3 Å². The molecule has 0 aliphatic heterocycles. The van der Waals surface area contributed by atoms with Gasteiger partial charge in [0.2, 0.25) is 0 Å². The molecular formula is C17H29N3O4. The lowest BCUT2D eigenvalue weighted by molar-refractivity contribution is -0.157. The summed E-state index contributed by atoms with van der Waals surface area (Å²) in [6.07, 6.45) is 3.47. The van der Waals surface area contributed by atoms with E-state index in [-0.39, 0.29) is 13.1 Å². The smallest absolute Gasteiger partial charge is 0.317 e. The van der Waals surface area contributed by atoms with Crippen LogP contribution in [0, 0.1) is 10.8 Å². The first-order valence-corrected chi connectivity index (χ1v) is 7.97. The van der Waals surface area contributed by atoms with Gasteiger partial charge in [-0.15, -0.1) is 0 Å². The largest absolute Gasteiger partial charge is 0.480 e. The molecule has 7 heteroatoms. The average Bonchev–Trinajstić information content (AvgIpc) is 2.83. The SMILES string of the molecule is CC(C)(C)C(Cn1cccn1)(N(CC(=O)O)CC(=O)O)C(C)(C)C. The van der Waals surface area contributed by atoms with Gasteiger partial charge in [0, 0.05) is 12.4 Å². The molecule has 0 saturated carbocycles. The van der Waals surface area contributed by atoms with Gasteiger partial charge in [-0.1, -0.05) is 41.5 Å². The Morgan fingerprint density at radius 2 is 1.46 bits per heavy atom. The summed E-state index contributed by atoms with van der Waals surface area (Å²) in [6, 6.07) is 1.80. The second kappa shape index (κ2) is 6.93. The number of carboxylic acid groups (broad SMARTS) is 2. The third-order valence-corrected chi connectivity index (χ3v) is 4.62. The minimum absolute atomic E-state index is 0.345. The molecule has 1 heterocycles. The Kier molecular flexibility index (Phi) is 5.82. The number of carbonyl (C=O) groups is 2. The van der Waals surface area contributed by atoms with E-state index in [1.54, 1.807) is 21.8 Å². The van der Waals surface area contributed by atoms with Crippen molar-refractivity contribution in [1.82, 2.24) is 14.7 Å². The van der Waals surface area contributed by atoms with Crippen molar-refractivity contribution in [2.24, 2.45) is 10.8 Å². The van der Waals surface area contributed by atoms with Gasteiger partial charge in [-0.25, -0.2) is 0 Å². The maximum Gasteiger partial charge on any atom is 0.317 e. The van der Waals surface area contributed by atoms with Gasteiger partial charge in [-0.05, 0) is 16.9 Å². The fourth-order valence-electron chi connectivity index (χ4n) is 3.93. The van der Waals surface area contributed by atoms with Crippen LogP contribution in [0.15, 0.2) is 18.5 Å². The van der Waals surface area contributed by atoms with Crippen LogP contribution >= 0.6 is 0 Å². The zero-order valence-corrected chi connectivity index (χ0v) is 15.4. The van der Waals surface area contributed by atoms with Gasteiger partial charge in [-0.3, -0.25) is 19.2 Å². The van der Waals surface area contributed by atoms with Crippen LogP contribution in [0.4, 0.5) is 0 Å². The van der Waals surface area contributed by atoms with E-state index in [2.05, 4.69) is 5.10 Å². The van der Waals surface area contributed by atoms with Crippen LogP contribution in [-0.4, -0.2) is 55.5 Å². The highest BCUT2D eigenvalue weighted by Gasteiger charge is 2.55. The minimum Gasteiger partial charge on any atom is -0.480 e. The summed E-state index contributed by atoms with van der Waals surface area (Å²) in [5, 5.41) is 23.0. The highest BCUT2D eigenvalue weighted by atomic mass is 16.4. The second-order valence-corrected chi connectivity index (χ2v) is 8.21. The van der Waals surface area contributed by atoms with E-state index in [4.69, 9.17) is 0 Å². The highest BCUT2D eigenvalue weighted by Crippen LogP contribution is 2.49. The molecule has 0 aromatic carbocycles. The van der Waals surface area contributed by atoms with Gasteiger partial charge in [0.05, 0.1) is 25.2 Å². The molecule has 0 unspecified atom stereocenters. The minimum atomic E-state index is -1.05. The fraction of sp³-hybridized carbons (Fsp3) is 0.706. The molecule has 0 radical (unpaired) electrons. The summed E-state index contributed by atoms with van der Waals surface area (Å²) < 4.78 is 1.74. The Morgan fingerprint density at radius 3 is 1.75 bits per heavy atom. The van der Waals surface area contributed by atoms with E-state index in [0.29, 0.717) is 6.54 Å². The number of nitrogens with zero attached hydrogens (tertiary/aromatic N) is 3. The zero-order chi connectivity index (χ0) is 18.8. The molecular weight excluding hydrogens is 310 g/mol. The van der Waals surface area contributed by atoms with E-state index >= 15 is 0 Å². The first-order chi connectivity index (χ1) is 10.8. The Hall–Kier alpha value is -1.89. The van der Waals surface area contributed by atoms with Gasteiger partial charge in [0.1, 0.15) is 0 Å². The van der Waals surface area contributed by atoms with Crippen molar-refractivity contribution in [3.63, 3.8) is 0 Å². The van der Waals surface area contributed by atoms with Crippen LogP contribution in [-0.2, 0) is 16.1 Å². The average molecular weight is 339 g/mol. The topological polar surface area (TPSA) is 95.7 Å². The van der Waals surface area contributed by atoms with Crippen LogP contribution in [0.25, 0.3) is 0 Å². The Bertz CT molecular complexity index is 538. The number of carboxylic acids is 2. The van der Waals surface area contributed by atoms with E-state index in [1.807, 2.05) is 47.7 Å². The zero-order valence-electron chi connectivity index (χ0n) is 15.4. The summed E-state index contributed by atoms with van der Waals surface area (Å²) in [4.78, 5) is 24.4. The van der Waals surface area contributed by atoms with E-state index in [9.17, 15) is 19.8 Å². The summed E-state index contributed by atoms with van der Waals surface area (Å²) >= 11 is 0. The van der Waals surface area contributed by atoms with Crippen LogP contribution in [0.1, 0.15) is 41.5 Å². The second-order valence-electron chi connectivity index (χ2n) is 8.21. The first kappa shape index (κ1) is 20.2. The lowest BCUT2D eigenvalue weighted by Crippen LogP contribution is -2.68. The number of hydrogen-bond acceptors (Lipinski definition) is 4. The van der Waals surface area contributed by atoms with Gasteiger partial charge in [0.15, 0.2) is 0 Å². The predicted molar refractivity (Wildman–Crippen MR) is 90.7 cm³/mol. The molecule has 0 bridgehead atoms. The monoisotopic (exact) mass is 339 g/mol. The Labute approximate surface area is 143 Å². The van der Waals surface area contributed by atoms with Crippen LogP contribution in [0.2, 0.25) is 0 Å². The number of rotatable bonds is 7. The highest BCUT2D eigenvalue weighted by molar-refractivity contribution is 5.73. The summed E-state index contributed by atoms with van der Waals surface area (Å²) in [7, 11) is 0. The van der Waals surface area contributed by atoms with Crippen LogP contribution in [0.5, 0.6) is 0 Å².